The lowest BCUT2D eigenvalue weighted by Gasteiger charge is -2.20. The lowest BCUT2D eigenvalue weighted by molar-refractivity contribution is 0.112. The van der Waals surface area contributed by atoms with Crippen LogP contribution in [0.1, 0.15) is 10.4 Å². The fraction of sp³-hybridized carbons (Fsp3) is 0. The summed E-state index contributed by atoms with van der Waals surface area (Å²) in [5.41, 5.74) is 13.2. The van der Waals surface area contributed by atoms with Gasteiger partial charge in [-0.1, -0.05) is 140 Å². The zero-order valence-electron chi connectivity index (χ0n) is 21.8. The Bertz CT molecular complexity index is 1990. The van der Waals surface area contributed by atoms with Crippen LogP contribution in [-0.2, 0) is 0 Å². The Kier molecular flexibility index (Phi) is 5.05. The van der Waals surface area contributed by atoms with Crippen LogP contribution in [0.15, 0.2) is 140 Å². The number of benzene rings is 7. The molecule has 0 spiro atoms. The van der Waals surface area contributed by atoms with Crippen LogP contribution in [0.25, 0.3) is 77.2 Å². The summed E-state index contributed by atoms with van der Waals surface area (Å²) in [6.07, 6.45) is 0.898. The molecule has 40 heavy (non-hydrogen) atoms. The van der Waals surface area contributed by atoms with Crippen molar-refractivity contribution in [3.8, 4) is 55.6 Å². The molecule has 0 saturated heterocycles. The number of rotatable bonds is 4. The number of fused-ring (bicyclic) bond motifs is 4. The summed E-state index contributed by atoms with van der Waals surface area (Å²) in [4.78, 5) is 11.3. The minimum absolute atomic E-state index is 0.689. The van der Waals surface area contributed by atoms with E-state index < -0.39 is 0 Å². The number of hydrogen-bond acceptors (Lipinski definition) is 1. The predicted octanol–water partition coefficient (Wildman–Crippen LogP) is 10.5. The van der Waals surface area contributed by atoms with Gasteiger partial charge in [0.15, 0.2) is 0 Å². The average molecular weight is 509 g/mol. The largest absolute Gasteiger partial charge is 0.298 e. The molecule has 0 heterocycles. The molecule has 0 aliphatic heterocycles. The molecule has 0 bridgehead atoms. The quantitative estimate of drug-likeness (QED) is 0.216. The van der Waals surface area contributed by atoms with Crippen LogP contribution in [0, 0.1) is 0 Å². The summed E-state index contributed by atoms with van der Waals surface area (Å²) in [6.45, 7) is 0. The molecule has 7 aromatic carbocycles. The number of carbonyl (C=O) groups is 1. The van der Waals surface area contributed by atoms with Gasteiger partial charge >= 0.3 is 0 Å². The minimum atomic E-state index is 0.689. The highest BCUT2D eigenvalue weighted by Gasteiger charge is 2.30. The third kappa shape index (κ3) is 3.25. The fourth-order valence-electron chi connectivity index (χ4n) is 6.60. The molecule has 1 nitrogen and oxygen atoms in total. The van der Waals surface area contributed by atoms with Crippen molar-refractivity contribution < 1.29 is 4.79 Å². The van der Waals surface area contributed by atoms with Crippen molar-refractivity contribution in [2.75, 3.05) is 0 Å². The Morgan fingerprint density at radius 1 is 0.350 bits per heavy atom. The first kappa shape index (κ1) is 22.7. The third-order valence-electron chi connectivity index (χ3n) is 8.28. The highest BCUT2D eigenvalue weighted by molar-refractivity contribution is 6.28. The summed E-state index contributed by atoms with van der Waals surface area (Å²) in [7, 11) is 0. The second-order valence-electron chi connectivity index (χ2n) is 10.4. The normalized spacial score (nSPS) is 11.6. The zero-order valence-corrected chi connectivity index (χ0v) is 21.8. The topological polar surface area (TPSA) is 17.1 Å². The van der Waals surface area contributed by atoms with Gasteiger partial charge in [-0.15, -0.1) is 0 Å². The van der Waals surface area contributed by atoms with Crippen LogP contribution >= 0.6 is 0 Å². The standard InChI is InChI=1S/C39H24O/c40-24-25-18-20-26(21-19-25)29-22-23-34-37-30(29)16-9-17-33(37)38-35(27-10-3-1-4-11-27)31-14-7-8-15-32(31)36(39(34)38)28-12-5-2-6-13-28/h1-24H. The highest BCUT2D eigenvalue weighted by Crippen LogP contribution is 2.58. The summed E-state index contributed by atoms with van der Waals surface area (Å²) in [5.74, 6) is 0. The molecule has 0 radical (unpaired) electrons. The Hall–Kier alpha value is -5.27. The first-order valence-corrected chi connectivity index (χ1v) is 13.6. The number of aldehydes is 1. The van der Waals surface area contributed by atoms with Crippen LogP contribution in [0.3, 0.4) is 0 Å². The summed E-state index contributed by atoms with van der Waals surface area (Å²) in [5, 5.41) is 5.05. The van der Waals surface area contributed by atoms with E-state index in [9.17, 15) is 4.79 Å². The lowest BCUT2D eigenvalue weighted by atomic mass is 9.82. The van der Waals surface area contributed by atoms with E-state index in [0.29, 0.717) is 5.56 Å². The van der Waals surface area contributed by atoms with E-state index in [2.05, 4.69) is 127 Å². The molecule has 1 aliphatic rings. The van der Waals surface area contributed by atoms with Gasteiger partial charge in [0.25, 0.3) is 0 Å². The van der Waals surface area contributed by atoms with Gasteiger partial charge in [0, 0.05) is 5.56 Å². The van der Waals surface area contributed by atoms with Gasteiger partial charge in [0.2, 0.25) is 0 Å². The van der Waals surface area contributed by atoms with Crippen molar-refractivity contribution in [2.45, 2.75) is 0 Å². The zero-order chi connectivity index (χ0) is 26.6. The SMILES string of the molecule is O=Cc1ccc(-c2ccc3c4c(cccc24)-c2c-3c(-c3ccccc3)c3ccccc3c2-c2ccccc2)cc1. The lowest BCUT2D eigenvalue weighted by Crippen LogP contribution is -1.93. The maximum Gasteiger partial charge on any atom is 0.150 e. The van der Waals surface area contributed by atoms with Crippen molar-refractivity contribution in [3.05, 3.63) is 145 Å². The van der Waals surface area contributed by atoms with Crippen molar-refractivity contribution >= 4 is 27.8 Å². The molecule has 186 valence electrons. The number of carbonyl (C=O) groups excluding carboxylic acids is 1. The summed E-state index contributed by atoms with van der Waals surface area (Å²) >= 11 is 0. The molecule has 1 aliphatic carbocycles. The van der Waals surface area contributed by atoms with E-state index in [4.69, 9.17) is 0 Å². The Morgan fingerprint density at radius 3 is 1.43 bits per heavy atom. The summed E-state index contributed by atoms with van der Waals surface area (Å²) < 4.78 is 0. The van der Waals surface area contributed by atoms with Crippen molar-refractivity contribution in [2.24, 2.45) is 0 Å². The third-order valence-corrected chi connectivity index (χ3v) is 8.28. The van der Waals surface area contributed by atoms with Crippen molar-refractivity contribution in [1.82, 2.24) is 0 Å². The molecule has 0 saturated carbocycles. The molecule has 7 aromatic rings. The van der Waals surface area contributed by atoms with Crippen LogP contribution in [0.5, 0.6) is 0 Å². The van der Waals surface area contributed by atoms with E-state index in [1.54, 1.807) is 0 Å². The van der Waals surface area contributed by atoms with E-state index in [1.807, 2.05) is 12.1 Å². The van der Waals surface area contributed by atoms with Crippen LogP contribution in [0.4, 0.5) is 0 Å². The molecule has 0 unspecified atom stereocenters. The molecule has 0 N–H and O–H groups in total. The molecular formula is C39H24O. The van der Waals surface area contributed by atoms with E-state index in [0.717, 1.165) is 11.8 Å². The Balaban J connectivity index is 1.54. The molecule has 0 aromatic heterocycles. The van der Waals surface area contributed by atoms with Gasteiger partial charge in [0.05, 0.1) is 0 Å². The van der Waals surface area contributed by atoms with Gasteiger partial charge in [-0.2, -0.15) is 0 Å². The van der Waals surface area contributed by atoms with Crippen LogP contribution in [-0.4, -0.2) is 6.29 Å². The van der Waals surface area contributed by atoms with E-state index in [1.165, 1.54) is 71.6 Å². The van der Waals surface area contributed by atoms with Gasteiger partial charge in [-0.05, 0) is 77.2 Å². The van der Waals surface area contributed by atoms with Crippen LogP contribution in [0.2, 0.25) is 0 Å². The van der Waals surface area contributed by atoms with Gasteiger partial charge in [-0.3, -0.25) is 4.79 Å². The highest BCUT2D eigenvalue weighted by atomic mass is 16.1. The van der Waals surface area contributed by atoms with Crippen molar-refractivity contribution in [3.63, 3.8) is 0 Å². The fourth-order valence-corrected chi connectivity index (χ4v) is 6.60. The van der Waals surface area contributed by atoms with Crippen molar-refractivity contribution in [1.29, 1.82) is 0 Å². The van der Waals surface area contributed by atoms with Gasteiger partial charge in [0.1, 0.15) is 6.29 Å². The smallest absolute Gasteiger partial charge is 0.150 e. The Labute approximate surface area is 233 Å². The molecule has 0 fully saturated rings. The first-order chi connectivity index (χ1) is 19.8. The molecule has 0 atom stereocenters. The minimum Gasteiger partial charge on any atom is -0.298 e. The average Bonchev–Trinajstić information content (AvgIpc) is 3.36. The Morgan fingerprint density at radius 2 is 0.850 bits per heavy atom. The maximum atomic E-state index is 11.3. The second-order valence-corrected chi connectivity index (χ2v) is 10.4. The number of hydrogen-bond donors (Lipinski definition) is 0. The molecular weight excluding hydrogens is 484 g/mol. The first-order valence-electron chi connectivity index (χ1n) is 13.6. The summed E-state index contributed by atoms with van der Waals surface area (Å²) in [6, 6.07) is 49.6. The van der Waals surface area contributed by atoms with Crippen LogP contribution < -0.4 is 0 Å². The van der Waals surface area contributed by atoms with Gasteiger partial charge < -0.3 is 0 Å². The second kappa shape index (κ2) is 8.90. The predicted molar refractivity (Wildman–Crippen MR) is 168 cm³/mol. The van der Waals surface area contributed by atoms with E-state index >= 15 is 0 Å². The monoisotopic (exact) mass is 508 g/mol. The van der Waals surface area contributed by atoms with Gasteiger partial charge in [-0.25, -0.2) is 0 Å². The molecule has 8 rings (SSSR count). The maximum absolute atomic E-state index is 11.3. The van der Waals surface area contributed by atoms with E-state index in [-0.39, 0.29) is 0 Å². The molecule has 1 heteroatoms. The molecule has 0 amide bonds.